The molecule has 0 aliphatic rings. The second-order valence-electron chi connectivity index (χ2n) is 4.66. The van der Waals surface area contributed by atoms with Crippen molar-refractivity contribution in [3.8, 4) is 0 Å². The van der Waals surface area contributed by atoms with Gasteiger partial charge in [-0.25, -0.2) is 4.79 Å². The minimum Gasteiger partial charge on any atom is -0.474 e. The molecule has 0 bridgehead atoms. The van der Waals surface area contributed by atoms with Gasteiger partial charge in [0.2, 0.25) is 0 Å². The number of carboxylic acid groups (broad SMARTS) is 1. The number of aryl methyl sites for hydroxylation is 3. The maximum absolute atomic E-state index is 11.2. The van der Waals surface area contributed by atoms with Gasteiger partial charge in [0.1, 0.15) is 0 Å². The molecule has 0 atom stereocenters. The van der Waals surface area contributed by atoms with Gasteiger partial charge in [0.05, 0.1) is 0 Å². The summed E-state index contributed by atoms with van der Waals surface area (Å²) in [5.74, 6) is -2.27. The van der Waals surface area contributed by atoms with Gasteiger partial charge in [-0.05, 0) is 43.9 Å². The molecular formula is C14H19NO3. The summed E-state index contributed by atoms with van der Waals surface area (Å²) in [4.78, 5) is 23.0. The maximum atomic E-state index is 11.2. The number of hydrogen-bond acceptors (Lipinski definition) is 2. The van der Waals surface area contributed by atoms with E-state index in [0.29, 0.717) is 13.0 Å². The molecule has 1 rings (SSSR count). The summed E-state index contributed by atoms with van der Waals surface area (Å²) in [5.41, 5.74) is 4.77. The van der Waals surface area contributed by atoms with Crippen LogP contribution in [0.2, 0.25) is 0 Å². The number of rotatable bonds is 3. The Bertz CT molecular complexity index is 457. The van der Waals surface area contributed by atoms with E-state index in [9.17, 15) is 9.59 Å². The second kappa shape index (κ2) is 5.67. The van der Waals surface area contributed by atoms with Crippen molar-refractivity contribution in [3.63, 3.8) is 0 Å². The molecule has 98 valence electrons. The van der Waals surface area contributed by atoms with Crippen LogP contribution in [-0.2, 0) is 16.0 Å². The van der Waals surface area contributed by atoms with Crippen molar-refractivity contribution < 1.29 is 14.7 Å². The molecule has 0 heterocycles. The molecule has 0 radical (unpaired) electrons. The predicted molar refractivity (Wildman–Crippen MR) is 69.6 cm³/mol. The Balaban J connectivity index is 2.75. The van der Waals surface area contributed by atoms with Crippen LogP contribution in [0.25, 0.3) is 0 Å². The fraction of sp³-hybridized carbons (Fsp3) is 0.429. The lowest BCUT2D eigenvalue weighted by Crippen LogP contribution is -2.34. The lowest BCUT2D eigenvalue weighted by Gasteiger charge is -2.17. The highest BCUT2D eigenvalue weighted by Gasteiger charge is 2.17. The topological polar surface area (TPSA) is 57.6 Å². The largest absolute Gasteiger partial charge is 0.474 e. The van der Waals surface area contributed by atoms with Crippen LogP contribution in [0, 0.1) is 20.8 Å². The smallest absolute Gasteiger partial charge is 0.394 e. The van der Waals surface area contributed by atoms with Crippen LogP contribution < -0.4 is 0 Å². The van der Waals surface area contributed by atoms with Crippen molar-refractivity contribution in [3.05, 3.63) is 34.4 Å². The van der Waals surface area contributed by atoms with Gasteiger partial charge in [-0.3, -0.25) is 4.79 Å². The molecule has 0 fully saturated rings. The van der Waals surface area contributed by atoms with Crippen LogP contribution in [0.3, 0.4) is 0 Å². The van der Waals surface area contributed by atoms with Crippen molar-refractivity contribution in [2.24, 2.45) is 0 Å². The van der Waals surface area contributed by atoms with Crippen LogP contribution >= 0.6 is 0 Å². The molecule has 0 saturated carbocycles. The third-order valence-electron chi connectivity index (χ3n) is 3.07. The Hall–Kier alpha value is -1.84. The Morgan fingerprint density at radius 3 is 2.11 bits per heavy atom. The van der Waals surface area contributed by atoms with E-state index in [2.05, 4.69) is 12.1 Å². The average molecular weight is 249 g/mol. The van der Waals surface area contributed by atoms with Crippen molar-refractivity contribution in [1.82, 2.24) is 4.90 Å². The number of nitrogens with zero attached hydrogens (tertiary/aromatic N) is 1. The summed E-state index contributed by atoms with van der Waals surface area (Å²) < 4.78 is 0. The highest BCUT2D eigenvalue weighted by Crippen LogP contribution is 2.17. The summed E-state index contributed by atoms with van der Waals surface area (Å²) in [6.45, 7) is 6.53. The summed E-state index contributed by atoms with van der Waals surface area (Å²) in [7, 11) is 1.51. The molecule has 1 amide bonds. The van der Waals surface area contributed by atoms with Crippen LogP contribution in [0.4, 0.5) is 0 Å². The van der Waals surface area contributed by atoms with Crippen LogP contribution in [-0.4, -0.2) is 35.5 Å². The number of amides is 1. The number of benzene rings is 1. The highest BCUT2D eigenvalue weighted by molar-refractivity contribution is 6.31. The first kappa shape index (κ1) is 14.2. The fourth-order valence-corrected chi connectivity index (χ4v) is 2.15. The minimum absolute atomic E-state index is 0.413. The lowest BCUT2D eigenvalue weighted by atomic mass is 9.97. The summed E-state index contributed by atoms with van der Waals surface area (Å²) >= 11 is 0. The first-order valence-corrected chi connectivity index (χ1v) is 5.88. The number of carbonyl (C=O) groups is 2. The average Bonchev–Trinajstić information content (AvgIpc) is 2.25. The summed E-state index contributed by atoms with van der Waals surface area (Å²) in [5, 5.41) is 8.60. The molecule has 0 aliphatic carbocycles. The predicted octanol–water partition coefficient (Wildman–Crippen LogP) is 1.70. The number of aliphatic carboxylic acids is 1. The Morgan fingerprint density at radius 2 is 1.67 bits per heavy atom. The van der Waals surface area contributed by atoms with E-state index in [1.54, 1.807) is 0 Å². The van der Waals surface area contributed by atoms with Crippen molar-refractivity contribution in [2.75, 3.05) is 13.6 Å². The van der Waals surface area contributed by atoms with E-state index in [1.165, 1.54) is 34.2 Å². The number of carbonyl (C=O) groups excluding carboxylic acids is 1. The first-order chi connectivity index (χ1) is 8.32. The third kappa shape index (κ3) is 3.32. The normalized spacial score (nSPS) is 10.2. The number of carboxylic acids is 1. The summed E-state index contributed by atoms with van der Waals surface area (Å²) in [6.07, 6.45) is 0.674. The SMILES string of the molecule is Cc1cc(C)c(CCN(C)C(=O)C(=O)O)c(C)c1. The van der Waals surface area contributed by atoms with Gasteiger partial charge in [0.25, 0.3) is 0 Å². The van der Waals surface area contributed by atoms with Gasteiger partial charge in [-0.15, -0.1) is 0 Å². The van der Waals surface area contributed by atoms with Gasteiger partial charge < -0.3 is 10.0 Å². The molecule has 0 unspecified atom stereocenters. The molecular weight excluding hydrogens is 230 g/mol. The summed E-state index contributed by atoms with van der Waals surface area (Å²) in [6, 6.07) is 4.20. The Morgan fingerprint density at radius 1 is 1.17 bits per heavy atom. The fourth-order valence-electron chi connectivity index (χ4n) is 2.15. The zero-order valence-corrected chi connectivity index (χ0v) is 11.3. The van der Waals surface area contributed by atoms with Crippen molar-refractivity contribution >= 4 is 11.9 Å². The molecule has 4 heteroatoms. The molecule has 0 aliphatic heterocycles. The zero-order valence-electron chi connectivity index (χ0n) is 11.3. The highest BCUT2D eigenvalue weighted by atomic mass is 16.4. The maximum Gasteiger partial charge on any atom is 0.394 e. The molecule has 0 saturated heterocycles. The number of likely N-dealkylation sites (N-methyl/N-ethyl adjacent to an activating group) is 1. The van der Waals surface area contributed by atoms with Crippen LogP contribution in [0.15, 0.2) is 12.1 Å². The van der Waals surface area contributed by atoms with E-state index in [-0.39, 0.29) is 0 Å². The molecule has 4 nitrogen and oxygen atoms in total. The molecule has 0 spiro atoms. The van der Waals surface area contributed by atoms with E-state index in [1.807, 2.05) is 20.8 Å². The van der Waals surface area contributed by atoms with Crippen LogP contribution in [0.5, 0.6) is 0 Å². The molecule has 18 heavy (non-hydrogen) atoms. The minimum atomic E-state index is -1.41. The van der Waals surface area contributed by atoms with Gasteiger partial charge in [0.15, 0.2) is 0 Å². The van der Waals surface area contributed by atoms with Crippen LogP contribution in [0.1, 0.15) is 22.3 Å². The van der Waals surface area contributed by atoms with Crippen molar-refractivity contribution in [2.45, 2.75) is 27.2 Å². The van der Waals surface area contributed by atoms with Gasteiger partial charge >= 0.3 is 11.9 Å². The second-order valence-corrected chi connectivity index (χ2v) is 4.66. The van der Waals surface area contributed by atoms with E-state index >= 15 is 0 Å². The zero-order chi connectivity index (χ0) is 13.9. The monoisotopic (exact) mass is 249 g/mol. The van der Waals surface area contributed by atoms with Crippen molar-refractivity contribution in [1.29, 1.82) is 0 Å². The van der Waals surface area contributed by atoms with E-state index in [4.69, 9.17) is 5.11 Å². The third-order valence-corrected chi connectivity index (χ3v) is 3.07. The molecule has 0 aromatic heterocycles. The molecule has 1 aromatic carbocycles. The number of hydrogen-bond donors (Lipinski definition) is 1. The van der Waals surface area contributed by atoms with Gasteiger partial charge in [-0.2, -0.15) is 0 Å². The molecule has 1 aromatic rings. The van der Waals surface area contributed by atoms with Gasteiger partial charge in [-0.1, -0.05) is 17.7 Å². The standard InChI is InChI=1S/C14H19NO3/c1-9-7-10(2)12(11(3)8-9)5-6-15(4)13(16)14(17)18/h7-8H,5-6H2,1-4H3,(H,17,18). The lowest BCUT2D eigenvalue weighted by molar-refractivity contribution is -0.155. The first-order valence-electron chi connectivity index (χ1n) is 5.88. The quantitative estimate of drug-likeness (QED) is 0.829. The Labute approximate surface area is 107 Å². The Kier molecular flexibility index (Phi) is 4.48. The van der Waals surface area contributed by atoms with Gasteiger partial charge in [0, 0.05) is 13.6 Å². The molecule has 1 N–H and O–H groups in total. The van der Waals surface area contributed by atoms with E-state index < -0.39 is 11.9 Å². The van der Waals surface area contributed by atoms with E-state index in [0.717, 1.165) is 0 Å².